The number of amides is 1. The average molecular weight is 326 g/mol. The van der Waals surface area contributed by atoms with Gasteiger partial charge in [0.05, 0.1) is 18.7 Å². The number of hydrogen-bond acceptors (Lipinski definition) is 6. The summed E-state index contributed by atoms with van der Waals surface area (Å²) in [6.07, 6.45) is 2.00. The van der Waals surface area contributed by atoms with E-state index in [-0.39, 0.29) is 25.0 Å². The van der Waals surface area contributed by atoms with Crippen molar-refractivity contribution in [2.75, 3.05) is 38.2 Å². The average Bonchev–Trinajstić information content (AvgIpc) is 2.95. The maximum absolute atomic E-state index is 12.1. The maximum Gasteiger partial charge on any atom is 0.341 e. The minimum absolute atomic E-state index is 0.147. The van der Waals surface area contributed by atoms with Gasteiger partial charge in [-0.25, -0.2) is 4.79 Å². The van der Waals surface area contributed by atoms with Gasteiger partial charge in [0.2, 0.25) is 5.91 Å². The number of carbonyl (C=O) groups is 2. The van der Waals surface area contributed by atoms with E-state index in [1.54, 1.807) is 18.4 Å². The number of anilines is 1. The molecule has 1 atom stereocenters. The van der Waals surface area contributed by atoms with E-state index >= 15 is 0 Å². The highest BCUT2D eigenvalue weighted by Gasteiger charge is 2.22. The zero-order valence-corrected chi connectivity index (χ0v) is 13.5. The largest absolute Gasteiger partial charge is 0.462 e. The summed E-state index contributed by atoms with van der Waals surface area (Å²) in [5.74, 6) is -0.317. The van der Waals surface area contributed by atoms with Gasteiger partial charge in [-0.15, -0.1) is 11.3 Å². The zero-order valence-electron chi connectivity index (χ0n) is 12.7. The summed E-state index contributed by atoms with van der Waals surface area (Å²) in [5.41, 5.74) is 0.395. The molecule has 1 unspecified atom stereocenters. The van der Waals surface area contributed by atoms with Crippen LogP contribution in [0, 0.1) is 5.92 Å². The molecule has 1 aliphatic rings. The molecule has 0 aromatic carbocycles. The van der Waals surface area contributed by atoms with Gasteiger partial charge in [0.25, 0.3) is 0 Å². The fraction of sp³-hybridized carbons (Fsp3) is 0.600. The van der Waals surface area contributed by atoms with E-state index in [0.717, 1.165) is 25.9 Å². The zero-order chi connectivity index (χ0) is 15.9. The molecule has 1 aliphatic heterocycles. The number of likely N-dealkylation sites (tertiary alicyclic amines) is 1. The first-order valence-corrected chi connectivity index (χ1v) is 8.39. The Balaban J connectivity index is 1.90. The van der Waals surface area contributed by atoms with E-state index in [2.05, 4.69) is 5.32 Å². The third kappa shape index (κ3) is 4.53. The Labute approximate surface area is 134 Å². The molecule has 1 aromatic heterocycles. The Morgan fingerprint density at radius 3 is 3.09 bits per heavy atom. The van der Waals surface area contributed by atoms with Gasteiger partial charge in [-0.05, 0) is 43.7 Å². The lowest BCUT2D eigenvalue weighted by molar-refractivity contribution is -0.117. The van der Waals surface area contributed by atoms with Gasteiger partial charge >= 0.3 is 5.97 Å². The predicted molar refractivity (Wildman–Crippen MR) is 85.2 cm³/mol. The van der Waals surface area contributed by atoms with Crippen LogP contribution >= 0.6 is 11.3 Å². The molecule has 22 heavy (non-hydrogen) atoms. The number of nitrogens with zero attached hydrogens (tertiary/aromatic N) is 1. The van der Waals surface area contributed by atoms with Crippen LogP contribution in [0.1, 0.15) is 30.1 Å². The topological polar surface area (TPSA) is 78.9 Å². The summed E-state index contributed by atoms with van der Waals surface area (Å²) in [4.78, 5) is 26.0. The number of aliphatic hydroxyl groups excluding tert-OH is 1. The van der Waals surface area contributed by atoms with Gasteiger partial charge in [-0.2, -0.15) is 0 Å². The third-order valence-corrected chi connectivity index (χ3v) is 4.47. The maximum atomic E-state index is 12.1. The summed E-state index contributed by atoms with van der Waals surface area (Å²) in [6, 6.07) is 1.65. The lowest BCUT2D eigenvalue weighted by Gasteiger charge is -2.31. The molecular formula is C15H22N2O4S. The predicted octanol–water partition coefficient (Wildman–Crippen LogP) is 1.57. The molecule has 7 heteroatoms. The molecule has 1 fully saturated rings. The highest BCUT2D eigenvalue weighted by Crippen LogP contribution is 2.24. The molecule has 1 amide bonds. The van der Waals surface area contributed by atoms with Crippen LogP contribution in [0.2, 0.25) is 0 Å². The van der Waals surface area contributed by atoms with Crippen LogP contribution in [0.3, 0.4) is 0 Å². The number of esters is 1. The Morgan fingerprint density at radius 1 is 1.55 bits per heavy atom. The summed E-state index contributed by atoms with van der Waals surface area (Å²) in [5, 5.41) is 14.3. The number of aliphatic hydroxyl groups is 1. The Hall–Kier alpha value is -1.44. The van der Waals surface area contributed by atoms with Crippen LogP contribution < -0.4 is 5.32 Å². The van der Waals surface area contributed by atoms with E-state index < -0.39 is 5.97 Å². The van der Waals surface area contributed by atoms with Crippen molar-refractivity contribution >= 4 is 28.2 Å². The molecule has 122 valence electrons. The molecule has 2 rings (SSSR count). The van der Waals surface area contributed by atoms with Crippen LogP contribution in [-0.2, 0) is 9.53 Å². The van der Waals surface area contributed by atoms with E-state index in [1.807, 2.05) is 4.90 Å². The molecule has 0 spiro atoms. The number of nitrogens with one attached hydrogen (secondary N) is 1. The third-order valence-electron chi connectivity index (χ3n) is 3.64. The number of ether oxygens (including phenoxy) is 1. The second-order valence-electron chi connectivity index (χ2n) is 5.36. The standard InChI is InChI=1S/C15H22N2O4S/c1-2-21-15(20)12-5-7-22-14(12)16-13(19)9-17-6-3-4-11(8-17)10-18/h5,7,11,18H,2-4,6,8-10H2,1H3,(H,16,19). The summed E-state index contributed by atoms with van der Waals surface area (Å²) in [6.45, 7) is 4.08. The normalized spacial score (nSPS) is 18.9. The molecule has 0 radical (unpaired) electrons. The Bertz CT molecular complexity index is 517. The molecular weight excluding hydrogens is 304 g/mol. The second kappa shape index (κ2) is 8.26. The van der Waals surface area contributed by atoms with Gasteiger partial charge in [0, 0.05) is 13.2 Å². The molecule has 1 aromatic rings. The van der Waals surface area contributed by atoms with Crippen molar-refractivity contribution < 1.29 is 19.4 Å². The molecule has 2 heterocycles. The number of hydrogen-bond donors (Lipinski definition) is 2. The first kappa shape index (κ1) is 16.9. The van der Waals surface area contributed by atoms with E-state index in [0.29, 0.717) is 17.2 Å². The summed E-state index contributed by atoms with van der Waals surface area (Å²) in [7, 11) is 0. The first-order chi connectivity index (χ1) is 10.6. The minimum Gasteiger partial charge on any atom is -0.462 e. The molecule has 0 saturated carbocycles. The van der Waals surface area contributed by atoms with Crippen molar-refractivity contribution in [3.8, 4) is 0 Å². The first-order valence-electron chi connectivity index (χ1n) is 7.51. The fourth-order valence-corrected chi connectivity index (χ4v) is 3.38. The van der Waals surface area contributed by atoms with Gasteiger partial charge in [0.1, 0.15) is 5.00 Å². The second-order valence-corrected chi connectivity index (χ2v) is 6.27. The van der Waals surface area contributed by atoms with E-state index in [4.69, 9.17) is 4.74 Å². The number of rotatable bonds is 6. The van der Waals surface area contributed by atoms with Crippen molar-refractivity contribution in [1.29, 1.82) is 0 Å². The van der Waals surface area contributed by atoms with Crippen molar-refractivity contribution in [1.82, 2.24) is 4.90 Å². The van der Waals surface area contributed by atoms with E-state index in [1.165, 1.54) is 11.3 Å². The Morgan fingerprint density at radius 2 is 2.36 bits per heavy atom. The van der Waals surface area contributed by atoms with Crippen molar-refractivity contribution in [3.05, 3.63) is 17.0 Å². The SMILES string of the molecule is CCOC(=O)c1ccsc1NC(=O)CN1CCCC(CO)C1. The summed E-state index contributed by atoms with van der Waals surface area (Å²) < 4.78 is 4.97. The van der Waals surface area contributed by atoms with Crippen LogP contribution in [-0.4, -0.2) is 54.7 Å². The molecule has 0 aliphatic carbocycles. The highest BCUT2D eigenvalue weighted by atomic mass is 32.1. The fourth-order valence-electron chi connectivity index (χ4n) is 2.59. The van der Waals surface area contributed by atoms with Crippen LogP contribution in [0.4, 0.5) is 5.00 Å². The number of thiophene rings is 1. The lowest BCUT2D eigenvalue weighted by Crippen LogP contribution is -2.41. The van der Waals surface area contributed by atoms with E-state index in [9.17, 15) is 14.7 Å². The monoisotopic (exact) mass is 326 g/mol. The molecule has 6 nitrogen and oxygen atoms in total. The number of carbonyl (C=O) groups excluding carboxylic acids is 2. The van der Waals surface area contributed by atoms with Gasteiger partial charge in [-0.3, -0.25) is 9.69 Å². The van der Waals surface area contributed by atoms with Crippen LogP contribution in [0.25, 0.3) is 0 Å². The molecule has 1 saturated heterocycles. The minimum atomic E-state index is -0.419. The summed E-state index contributed by atoms with van der Waals surface area (Å²) >= 11 is 1.31. The van der Waals surface area contributed by atoms with Gasteiger partial charge in [-0.1, -0.05) is 0 Å². The van der Waals surface area contributed by atoms with Gasteiger partial charge < -0.3 is 15.2 Å². The highest BCUT2D eigenvalue weighted by molar-refractivity contribution is 7.14. The quantitative estimate of drug-likeness (QED) is 0.776. The van der Waals surface area contributed by atoms with Crippen molar-refractivity contribution in [3.63, 3.8) is 0 Å². The Kier molecular flexibility index (Phi) is 6.35. The van der Waals surface area contributed by atoms with Gasteiger partial charge in [0.15, 0.2) is 0 Å². The van der Waals surface area contributed by atoms with Crippen LogP contribution in [0.15, 0.2) is 11.4 Å². The molecule has 0 bridgehead atoms. The smallest absolute Gasteiger partial charge is 0.341 e. The molecule has 2 N–H and O–H groups in total. The lowest BCUT2D eigenvalue weighted by atomic mass is 9.99. The van der Waals surface area contributed by atoms with Crippen molar-refractivity contribution in [2.45, 2.75) is 19.8 Å². The van der Waals surface area contributed by atoms with Crippen molar-refractivity contribution in [2.24, 2.45) is 5.92 Å². The number of piperidine rings is 1. The van der Waals surface area contributed by atoms with Crippen LogP contribution in [0.5, 0.6) is 0 Å².